The summed E-state index contributed by atoms with van der Waals surface area (Å²) in [5.74, 6) is 0. The highest BCUT2D eigenvalue weighted by atomic mass is 16.2. The van der Waals surface area contributed by atoms with E-state index in [1.54, 1.807) is 6.21 Å². The third-order valence-electron chi connectivity index (χ3n) is 4.66. The van der Waals surface area contributed by atoms with Gasteiger partial charge in [-0.3, -0.25) is 0 Å². The number of anilines is 1. The summed E-state index contributed by atoms with van der Waals surface area (Å²) >= 11 is 0. The number of aromatic nitrogens is 1. The average Bonchev–Trinajstić information content (AvgIpc) is 2.84. The third kappa shape index (κ3) is 3.26. The Labute approximate surface area is 147 Å². The van der Waals surface area contributed by atoms with Crippen LogP contribution in [0.25, 0.3) is 10.9 Å². The van der Waals surface area contributed by atoms with Crippen LogP contribution in [0.4, 0.5) is 10.5 Å². The van der Waals surface area contributed by atoms with Crippen LogP contribution in [0.2, 0.25) is 0 Å². The van der Waals surface area contributed by atoms with Crippen LogP contribution in [0.15, 0.2) is 47.6 Å². The molecule has 25 heavy (non-hydrogen) atoms. The number of hydrogen-bond acceptors (Lipinski definition) is 2. The number of hydrazone groups is 1. The number of amides is 2. The molecule has 3 aromatic rings. The molecule has 3 rings (SSSR count). The predicted octanol–water partition coefficient (Wildman–Crippen LogP) is 4.26. The zero-order chi connectivity index (χ0) is 18.0. The van der Waals surface area contributed by atoms with Crippen molar-refractivity contribution in [2.24, 2.45) is 12.1 Å². The van der Waals surface area contributed by atoms with Crippen molar-refractivity contribution in [1.29, 1.82) is 0 Å². The van der Waals surface area contributed by atoms with E-state index in [0.29, 0.717) is 0 Å². The molecule has 0 fully saturated rings. The monoisotopic (exact) mass is 334 g/mol. The molecule has 0 saturated carbocycles. The fourth-order valence-corrected chi connectivity index (χ4v) is 2.91. The predicted molar refractivity (Wildman–Crippen MR) is 103 cm³/mol. The number of carbonyl (C=O) groups is 1. The lowest BCUT2D eigenvalue weighted by atomic mass is 10.1. The van der Waals surface area contributed by atoms with Gasteiger partial charge in [-0.05, 0) is 44.0 Å². The van der Waals surface area contributed by atoms with Gasteiger partial charge in [-0.25, -0.2) is 10.2 Å². The summed E-state index contributed by atoms with van der Waals surface area (Å²) in [7, 11) is 2.02. The summed E-state index contributed by atoms with van der Waals surface area (Å²) in [6.45, 7) is 6.03. The number of para-hydroxylation sites is 1. The number of fused-ring (bicyclic) bond motifs is 1. The normalized spacial score (nSPS) is 11.2. The second-order valence-corrected chi connectivity index (χ2v) is 6.15. The molecule has 0 spiro atoms. The minimum Gasteiger partial charge on any atom is -0.347 e. The van der Waals surface area contributed by atoms with Crippen LogP contribution >= 0.6 is 0 Å². The van der Waals surface area contributed by atoms with Crippen molar-refractivity contribution in [1.82, 2.24) is 9.99 Å². The Hall–Kier alpha value is -3.08. The molecule has 0 bridgehead atoms. The Morgan fingerprint density at radius 3 is 2.64 bits per heavy atom. The smallest absolute Gasteiger partial charge is 0.339 e. The topological polar surface area (TPSA) is 58.4 Å². The van der Waals surface area contributed by atoms with E-state index in [0.717, 1.165) is 39.0 Å². The minimum atomic E-state index is -0.358. The van der Waals surface area contributed by atoms with Crippen molar-refractivity contribution < 1.29 is 4.79 Å². The lowest BCUT2D eigenvalue weighted by Crippen LogP contribution is -2.24. The van der Waals surface area contributed by atoms with Crippen molar-refractivity contribution in [2.75, 3.05) is 5.32 Å². The Bertz CT molecular complexity index is 969. The summed E-state index contributed by atoms with van der Waals surface area (Å²) in [6.07, 6.45) is 1.69. The molecule has 2 aromatic carbocycles. The van der Waals surface area contributed by atoms with Gasteiger partial charge in [0.05, 0.1) is 6.21 Å². The molecule has 1 aromatic heterocycles. The Morgan fingerprint density at radius 2 is 1.84 bits per heavy atom. The maximum atomic E-state index is 12.1. The molecule has 0 aliphatic rings. The zero-order valence-corrected chi connectivity index (χ0v) is 14.9. The van der Waals surface area contributed by atoms with E-state index in [2.05, 4.69) is 32.5 Å². The molecular formula is C20H22N4O. The standard InChI is InChI=1S/C20H22N4O/c1-13-8-7-10-18(14(13)2)22-20(25)23-21-12-17-15(3)24(4)19-11-6-5-9-16(17)19/h5-12H,1-4H3,(H2,22,23,25)/b21-12-. The van der Waals surface area contributed by atoms with Gasteiger partial charge in [0.1, 0.15) is 0 Å². The molecule has 5 heteroatoms. The van der Waals surface area contributed by atoms with Gasteiger partial charge in [-0.1, -0.05) is 30.3 Å². The van der Waals surface area contributed by atoms with Gasteiger partial charge in [-0.15, -0.1) is 0 Å². The number of carbonyl (C=O) groups excluding carboxylic acids is 1. The molecule has 0 unspecified atom stereocenters. The molecule has 128 valence electrons. The van der Waals surface area contributed by atoms with E-state index in [9.17, 15) is 4.79 Å². The highest BCUT2D eigenvalue weighted by Crippen LogP contribution is 2.23. The summed E-state index contributed by atoms with van der Waals surface area (Å²) < 4.78 is 2.12. The third-order valence-corrected chi connectivity index (χ3v) is 4.66. The molecule has 0 saturated heterocycles. The number of urea groups is 1. The first-order valence-electron chi connectivity index (χ1n) is 8.19. The molecule has 0 atom stereocenters. The fourth-order valence-electron chi connectivity index (χ4n) is 2.91. The average molecular weight is 334 g/mol. The van der Waals surface area contributed by atoms with Crippen LogP contribution in [-0.4, -0.2) is 16.8 Å². The van der Waals surface area contributed by atoms with Gasteiger partial charge in [0, 0.05) is 34.9 Å². The van der Waals surface area contributed by atoms with Gasteiger partial charge in [0.2, 0.25) is 0 Å². The molecule has 0 aliphatic heterocycles. The fraction of sp³-hybridized carbons (Fsp3) is 0.200. The van der Waals surface area contributed by atoms with Gasteiger partial charge >= 0.3 is 6.03 Å². The van der Waals surface area contributed by atoms with E-state index in [1.807, 2.05) is 58.2 Å². The maximum Gasteiger partial charge on any atom is 0.339 e. The molecule has 5 nitrogen and oxygen atoms in total. The number of hydrogen-bond donors (Lipinski definition) is 2. The van der Waals surface area contributed by atoms with E-state index in [-0.39, 0.29) is 6.03 Å². The second-order valence-electron chi connectivity index (χ2n) is 6.15. The summed E-state index contributed by atoms with van der Waals surface area (Å²) in [5, 5.41) is 8.05. The molecule has 0 radical (unpaired) electrons. The largest absolute Gasteiger partial charge is 0.347 e. The lowest BCUT2D eigenvalue weighted by Gasteiger charge is -2.09. The second kappa shape index (κ2) is 6.81. The van der Waals surface area contributed by atoms with E-state index in [4.69, 9.17) is 0 Å². The molecule has 1 heterocycles. The van der Waals surface area contributed by atoms with E-state index in [1.165, 1.54) is 0 Å². The van der Waals surface area contributed by atoms with Gasteiger partial charge < -0.3 is 9.88 Å². The van der Waals surface area contributed by atoms with Crippen molar-refractivity contribution >= 4 is 28.8 Å². The zero-order valence-electron chi connectivity index (χ0n) is 14.9. The van der Waals surface area contributed by atoms with Crippen molar-refractivity contribution in [3.8, 4) is 0 Å². The first kappa shape index (κ1) is 16.8. The van der Waals surface area contributed by atoms with E-state index >= 15 is 0 Å². The quantitative estimate of drug-likeness (QED) is 0.546. The highest BCUT2D eigenvalue weighted by molar-refractivity contribution is 6.01. The first-order valence-corrected chi connectivity index (χ1v) is 8.19. The Kier molecular flexibility index (Phi) is 4.57. The maximum absolute atomic E-state index is 12.1. The Balaban J connectivity index is 1.75. The van der Waals surface area contributed by atoms with Crippen LogP contribution in [0.1, 0.15) is 22.4 Å². The Morgan fingerprint density at radius 1 is 1.08 bits per heavy atom. The van der Waals surface area contributed by atoms with Crippen LogP contribution in [-0.2, 0) is 7.05 Å². The van der Waals surface area contributed by atoms with Gasteiger partial charge in [0.15, 0.2) is 0 Å². The molecule has 0 aliphatic carbocycles. The van der Waals surface area contributed by atoms with Gasteiger partial charge in [0.25, 0.3) is 0 Å². The van der Waals surface area contributed by atoms with E-state index < -0.39 is 0 Å². The van der Waals surface area contributed by atoms with Crippen molar-refractivity contribution in [3.63, 3.8) is 0 Å². The van der Waals surface area contributed by atoms with Gasteiger partial charge in [-0.2, -0.15) is 5.10 Å². The van der Waals surface area contributed by atoms with Crippen molar-refractivity contribution in [2.45, 2.75) is 20.8 Å². The summed E-state index contributed by atoms with van der Waals surface area (Å²) in [4.78, 5) is 12.1. The molecule has 2 N–H and O–H groups in total. The van der Waals surface area contributed by atoms with Crippen LogP contribution in [0.5, 0.6) is 0 Å². The number of aryl methyl sites for hydroxylation is 2. The van der Waals surface area contributed by atoms with Crippen LogP contribution < -0.4 is 10.7 Å². The minimum absolute atomic E-state index is 0.358. The first-order chi connectivity index (χ1) is 12.0. The summed E-state index contributed by atoms with van der Waals surface area (Å²) in [6, 6.07) is 13.6. The lowest BCUT2D eigenvalue weighted by molar-refractivity contribution is 0.252. The highest BCUT2D eigenvalue weighted by Gasteiger charge is 2.09. The van der Waals surface area contributed by atoms with Crippen LogP contribution in [0, 0.1) is 20.8 Å². The summed E-state index contributed by atoms with van der Waals surface area (Å²) in [5.41, 5.74) is 8.75. The number of rotatable bonds is 3. The number of benzene rings is 2. The SMILES string of the molecule is Cc1cccc(NC(=O)N/N=C\c2c(C)n(C)c3ccccc23)c1C. The number of nitrogens with zero attached hydrogens (tertiary/aromatic N) is 2. The van der Waals surface area contributed by atoms with Crippen LogP contribution in [0.3, 0.4) is 0 Å². The molecular weight excluding hydrogens is 312 g/mol. The number of nitrogens with one attached hydrogen (secondary N) is 2. The molecule has 2 amide bonds. The van der Waals surface area contributed by atoms with Crippen molar-refractivity contribution in [3.05, 3.63) is 64.8 Å².